The highest BCUT2D eigenvalue weighted by Gasteiger charge is 2.26. The quantitative estimate of drug-likeness (QED) is 0.427. The van der Waals surface area contributed by atoms with E-state index >= 15 is 0 Å². The molecule has 0 saturated carbocycles. The second-order valence-corrected chi connectivity index (χ2v) is 7.56. The molecule has 0 N–H and O–H groups in total. The van der Waals surface area contributed by atoms with Gasteiger partial charge in [-0.1, -0.05) is 54.7 Å². The van der Waals surface area contributed by atoms with E-state index in [-0.39, 0.29) is 16.5 Å². The Morgan fingerprint density at radius 3 is 2.41 bits per heavy atom. The lowest BCUT2D eigenvalue weighted by Crippen LogP contribution is -2.12. The Balaban J connectivity index is 2.56. The van der Waals surface area contributed by atoms with Gasteiger partial charge in [-0.05, 0) is 35.7 Å². The Morgan fingerprint density at radius 2 is 1.81 bits per heavy atom. The number of hydrogen-bond donors (Lipinski definition) is 0. The number of aromatic nitrogens is 1. The van der Waals surface area contributed by atoms with Crippen molar-refractivity contribution in [3.63, 3.8) is 0 Å². The number of nitrogens with zero attached hydrogens (tertiary/aromatic N) is 1. The van der Waals surface area contributed by atoms with Gasteiger partial charge >= 0.3 is 5.97 Å². The van der Waals surface area contributed by atoms with E-state index < -0.39 is 11.8 Å². The van der Waals surface area contributed by atoms with Gasteiger partial charge in [0, 0.05) is 16.0 Å². The van der Waals surface area contributed by atoms with Crippen molar-refractivity contribution in [2.45, 2.75) is 19.8 Å². The van der Waals surface area contributed by atoms with Gasteiger partial charge in [0.2, 0.25) is 0 Å². The van der Waals surface area contributed by atoms with Gasteiger partial charge in [-0.15, -0.1) is 0 Å². The molecule has 0 amide bonds. The summed E-state index contributed by atoms with van der Waals surface area (Å²) < 4.78 is 18.7. The zero-order valence-electron chi connectivity index (χ0n) is 14.7. The summed E-state index contributed by atoms with van der Waals surface area (Å²) in [7, 11) is 1.29. The number of benzene rings is 2. The van der Waals surface area contributed by atoms with Crippen LogP contribution in [-0.2, 0) is 4.74 Å². The highest BCUT2D eigenvalue weighted by Crippen LogP contribution is 2.40. The number of halogens is 4. The van der Waals surface area contributed by atoms with E-state index in [0.717, 1.165) is 0 Å². The summed E-state index contributed by atoms with van der Waals surface area (Å²) in [6.07, 6.45) is 0. The zero-order valence-corrected chi connectivity index (χ0v) is 17.0. The van der Waals surface area contributed by atoms with Crippen LogP contribution in [0.4, 0.5) is 4.39 Å². The summed E-state index contributed by atoms with van der Waals surface area (Å²) in [6, 6.07) is 7.49. The van der Waals surface area contributed by atoms with E-state index in [1.165, 1.54) is 19.2 Å². The predicted octanol–water partition coefficient (Wildman–Crippen LogP) is 6.91. The molecule has 2 aromatic carbocycles. The van der Waals surface area contributed by atoms with Crippen molar-refractivity contribution in [3.05, 3.63) is 62.5 Å². The van der Waals surface area contributed by atoms with Gasteiger partial charge in [0.05, 0.1) is 33.9 Å². The lowest BCUT2D eigenvalue weighted by Gasteiger charge is -2.19. The van der Waals surface area contributed by atoms with Crippen LogP contribution in [0.1, 0.15) is 35.8 Å². The van der Waals surface area contributed by atoms with Crippen LogP contribution in [-0.4, -0.2) is 18.1 Å². The average Bonchev–Trinajstić information content (AvgIpc) is 2.61. The van der Waals surface area contributed by atoms with Crippen molar-refractivity contribution in [2.24, 2.45) is 0 Å². The predicted molar refractivity (Wildman–Crippen MR) is 108 cm³/mol. The molecule has 0 saturated heterocycles. The van der Waals surface area contributed by atoms with Crippen molar-refractivity contribution in [1.82, 2.24) is 4.98 Å². The molecule has 0 fully saturated rings. The van der Waals surface area contributed by atoms with Crippen LogP contribution in [0.25, 0.3) is 22.0 Å². The van der Waals surface area contributed by atoms with E-state index in [0.29, 0.717) is 37.8 Å². The molecule has 0 aliphatic heterocycles. The van der Waals surface area contributed by atoms with Crippen LogP contribution in [0, 0.1) is 5.82 Å². The minimum absolute atomic E-state index is 0.0625. The van der Waals surface area contributed by atoms with Gasteiger partial charge < -0.3 is 4.74 Å². The number of carbonyl (C=O) groups excluding carboxylic acids is 1. The first-order valence-corrected chi connectivity index (χ1v) is 9.24. The molecule has 0 radical (unpaired) electrons. The van der Waals surface area contributed by atoms with Crippen molar-refractivity contribution in [3.8, 4) is 11.1 Å². The summed E-state index contributed by atoms with van der Waals surface area (Å²) in [5.74, 6) is -1.21. The van der Waals surface area contributed by atoms with Gasteiger partial charge in [-0.25, -0.2) is 9.18 Å². The number of rotatable bonds is 3. The Kier molecular flexibility index (Phi) is 5.61. The van der Waals surface area contributed by atoms with Crippen LogP contribution in [0.15, 0.2) is 30.3 Å². The summed E-state index contributed by atoms with van der Waals surface area (Å²) in [5.41, 5.74) is 2.33. The standard InChI is InChI=1S/C20H15Cl3FNO2/c1-9(2)18-17(20(26)27-3)16(10-4-5-15(24)13(22)6-10)12-7-11(21)8-14(23)19(12)25-18/h4-9H,1-3H3. The highest BCUT2D eigenvalue weighted by atomic mass is 35.5. The minimum atomic E-state index is -0.557. The largest absolute Gasteiger partial charge is 0.465 e. The number of methoxy groups -OCH3 is 1. The number of ether oxygens (including phenoxy) is 1. The van der Waals surface area contributed by atoms with Crippen LogP contribution in [0.5, 0.6) is 0 Å². The summed E-state index contributed by atoms with van der Waals surface area (Å²) >= 11 is 18.6. The second kappa shape index (κ2) is 7.63. The number of esters is 1. The fourth-order valence-corrected chi connectivity index (χ4v) is 3.70. The van der Waals surface area contributed by atoms with Crippen molar-refractivity contribution >= 4 is 51.7 Å². The molecule has 27 heavy (non-hydrogen) atoms. The normalized spacial score (nSPS) is 11.3. The highest BCUT2D eigenvalue weighted by molar-refractivity contribution is 6.39. The van der Waals surface area contributed by atoms with E-state index in [1.54, 1.807) is 18.2 Å². The zero-order chi connectivity index (χ0) is 19.9. The Hall–Kier alpha value is -1.88. The number of fused-ring (bicyclic) bond motifs is 1. The molecular formula is C20H15Cl3FNO2. The van der Waals surface area contributed by atoms with Gasteiger partial charge in [-0.2, -0.15) is 0 Å². The lowest BCUT2D eigenvalue weighted by molar-refractivity contribution is 0.0599. The van der Waals surface area contributed by atoms with E-state index in [4.69, 9.17) is 39.5 Å². The summed E-state index contributed by atoms with van der Waals surface area (Å²) in [5, 5.41) is 1.23. The topological polar surface area (TPSA) is 39.2 Å². The molecular weight excluding hydrogens is 412 g/mol. The Labute approximate surface area is 171 Å². The maximum atomic E-state index is 13.7. The summed E-state index contributed by atoms with van der Waals surface area (Å²) in [4.78, 5) is 17.3. The SMILES string of the molecule is COC(=O)c1c(C(C)C)nc2c(Cl)cc(Cl)cc2c1-c1ccc(F)c(Cl)c1. The monoisotopic (exact) mass is 425 g/mol. The van der Waals surface area contributed by atoms with Gasteiger partial charge in [0.25, 0.3) is 0 Å². The van der Waals surface area contributed by atoms with Crippen molar-refractivity contribution < 1.29 is 13.9 Å². The Bertz CT molecular complexity index is 1070. The molecule has 3 aromatic rings. The fraction of sp³-hybridized carbons (Fsp3) is 0.200. The molecule has 0 spiro atoms. The Morgan fingerprint density at radius 1 is 1.11 bits per heavy atom. The third-order valence-corrected chi connectivity index (χ3v) is 4.98. The van der Waals surface area contributed by atoms with Crippen LogP contribution < -0.4 is 0 Å². The van der Waals surface area contributed by atoms with Crippen LogP contribution in [0.2, 0.25) is 15.1 Å². The molecule has 1 heterocycles. The van der Waals surface area contributed by atoms with E-state index in [9.17, 15) is 9.18 Å². The van der Waals surface area contributed by atoms with E-state index in [1.807, 2.05) is 13.8 Å². The molecule has 0 bridgehead atoms. The molecule has 0 aliphatic carbocycles. The maximum absolute atomic E-state index is 13.7. The number of hydrogen-bond acceptors (Lipinski definition) is 3. The third kappa shape index (κ3) is 3.62. The minimum Gasteiger partial charge on any atom is -0.465 e. The second-order valence-electron chi connectivity index (χ2n) is 6.31. The molecule has 140 valence electrons. The molecule has 7 heteroatoms. The molecule has 0 atom stereocenters. The van der Waals surface area contributed by atoms with E-state index in [2.05, 4.69) is 4.98 Å². The fourth-order valence-electron chi connectivity index (χ4n) is 2.99. The summed E-state index contributed by atoms with van der Waals surface area (Å²) in [6.45, 7) is 3.82. The van der Waals surface area contributed by atoms with Crippen molar-refractivity contribution in [1.29, 1.82) is 0 Å². The van der Waals surface area contributed by atoms with Gasteiger partial charge in [0.15, 0.2) is 0 Å². The molecule has 1 aromatic heterocycles. The third-order valence-electron chi connectivity index (χ3n) is 4.18. The number of carbonyl (C=O) groups is 1. The molecule has 3 nitrogen and oxygen atoms in total. The average molecular weight is 427 g/mol. The molecule has 0 unspecified atom stereocenters. The van der Waals surface area contributed by atoms with Crippen molar-refractivity contribution in [2.75, 3.05) is 7.11 Å². The van der Waals surface area contributed by atoms with Crippen LogP contribution in [0.3, 0.4) is 0 Å². The first-order chi connectivity index (χ1) is 12.7. The lowest BCUT2D eigenvalue weighted by atomic mass is 9.91. The van der Waals surface area contributed by atoms with Gasteiger partial charge in [-0.3, -0.25) is 4.98 Å². The first kappa shape index (κ1) is 19.9. The molecule has 0 aliphatic rings. The maximum Gasteiger partial charge on any atom is 0.340 e. The van der Waals surface area contributed by atoms with Gasteiger partial charge in [0.1, 0.15) is 5.82 Å². The van der Waals surface area contributed by atoms with Crippen LogP contribution >= 0.6 is 34.8 Å². The smallest absolute Gasteiger partial charge is 0.340 e. The first-order valence-electron chi connectivity index (χ1n) is 8.11. The number of pyridine rings is 1. The molecule has 3 rings (SSSR count).